The topological polar surface area (TPSA) is 595 Å². The van der Waals surface area contributed by atoms with Gasteiger partial charge in [0.15, 0.2) is 18.9 Å². The van der Waals surface area contributed by atoms with Gasteiger partial charge in [-0.25, -0.2) is 9.59 Å². The summed E-state index contributed by atoms with van der Waals surface area (Å²) in [7, 11) is 0. The Bertz CT molecular complexity index is 2960. The van der Waals surface area contributed by atoms with E-state index in [1.54, 1.807) is 0 Å². The Kier molecular flexibility index (Phi) is 52.9. The van der Waals surface area contributed by atoms with E-state index in [2.05, 4.69) is 29.8 Å². The van der Waals surface area contributed by atoms with E-state index in [1.165, 1.54) is 154 Å². The normalized spacial score (nSPS) is 31.9. The molecule has 5 aliphatic heterocycles. The number of ether oxygens (including phenoxy) is 10. The van der Waals surface area contributed by atoms with E-state index in [9.17, 15) is 121 Å². The van der Waals surface area contributed by atoms with Crippen LogP contribution in [0.3, 0.4) is 0 Å². The standard InChI is InChI=1S/C87H157N3O34/c1-6-8-10-12-14-16-18-20-21-22-23-24-25-26-27-28-29-31-33-35-37-39-41-43-66(103)90-57(58(99)42-40-38-36-34-32-30-19-17-15-13-11-9-7-2)52-115-82-74(109)73(108)76(64(50-94)117-82)119-83-75(110)80(77(65(51-95)118-83)120-81-56(44-53(3)96)69(104)71(106)62(48-92)116-81)124-87(85(113)114)46-60(101)68(89-55(5)98)79(123-87)72(107)63(49-93)121-86(84(111)112)45-59(100)67(88-54(4)97)78(122-86)70(105)61(102)47-91/h56-65,67-83,91-95,99-102,104-110H,6-52H2,1-5H3,(H,88,97)(H,89,98)(H,90,103)(H,111,112)(H,113,114). The summed E-state index contributed by atoms with van der Waals surface area (Å²) in [5, 5.41) is 211. The molecular formula is C87H157N3O34. The first kappa shape index (κ1) is 110. The van der Waals surface area contributed by atoms with Gasteiger partial charge in [0, 0.05) is 45.4 Å². The summed E-state index contributed by atoms with van der Waals surface area (Å²) >= 11 is 0. The van der Waals surface area contributed by atoms with Crippen LogP contribution < -0.4 is 16.0 Å². The Hall–Kier alpha value is -4.02. The zero-order chi connectivity index (χ0) is 91.5. The van der Waals surface area contributed by atoms with E-state index >= 15 is 0 Å². The van der Waals surface area contributed by atoms with Crippen LogP contribution in [0.4, 0.5) is 0 Å². The molecule has 0 aromatic carbocycles. The lowest BCUT2D eigenvalue weighted by molar-refractivity contribution is -0.404. The maximum Gasteiger partial charge on any atom is 0.364 e. The van der Waals surface area contributed by atoms with E-state index < -0.39 is 265 Å². The fraction of sp³-hybridized carbons (Fsp3) is 0.931. The van der Waals surface area contributed by atoms with Gasteiger partial charge in [-0.1, -0.05) is 239 Å². The van der Waals surface area contributed by atoms with Crippen molar-refractivity contribution >= 4 is 35.4 Å². The van der Waals surface area contributed by atoms with Crippen LogP contribution in [0.1, 0.15) is 298 Å². The maximum atomic E-state index is 14.2. The SMILES string of the molecule is CCCCCCCCCCCCCCCCCCCCCCCCCC(=O)NC(COC1OC(CO)C(OC2OC(CO)C(OC3OC(CO)C(O)C(O)C3CC(C)=O)C(OC3(C(=O)O)CC(O)C(NC(C)=O)C(C(O)C(CO)OC4(C(=O)O)CC(O)C(NC(C)=O)C(C(O)C(O)CO)O4)O3)C2O)C(O)C1O)C(O)CCCCCCCCCCCCCCC. The first-order valence-corrected chi connectivity index (χ1v) is 46.3. The van der Waals surface area contributed by atoms with Crippen LogP contribution >= 0.6 is 0 Å². The molecule has 29 unspecified atom stereocenters. The monoisotopic (exact) mass is 1790 g/mol. The molecule has 0 aliphatic carbocycles. The van der Waals surface area contributed by atoms with Crippen molar-refractivity contribution in [2.75, 3.05) is 39.6 Å². The van der Waals surface area contributed by atoms with Gasteiger partial charge in [-0.3, -0.25) is 14.4 Å². The van der Waals surface area contributed by atoms with Crippen LogP contribution in [-0.4, -0.2) is 338 Å². The summed E-state index contributed by atoms with van der Waals surface area (Å²) in [5.74, 6) is -15.8. The number of carbonyl (C=O) groups is 6. The highest BCUT2D eigenvalue weighted by Gasteiger charge is 2.64. The molecule has 29 atom stereocenters. The van der Waals surface area contributed by atoms with E-state index in [1.807, 2.05) is 0 Å². The van der Waals surface area contributed by atoms with Gasteiger partial charge in [0.1, 0.15) is 103 Å². The largest absolute Gasteiger partial charge is 0.477 e. The van der Waals surface area contributed by atoms with Gasteiger partial charge in [-0.05, 0) is 19.8 Å². The van der Waals surface area contributed by atoms with Gasteiger partial charge in [0.2, 0.25) is 17.7 Å². The van der Waals surface area contributed by atoms with Crippen molar-refractivity contribution in [3.63, 3.8) is 0 Å². The lowest BCUT2D eigenvalue weighted by atomic mass is 9.86. The lowest BCUT2D eigenvalue weighted by Gasteiger charge is -2.52. The molecule has 0 aromatic heterocycles. The van der Waals surface area contributed by atoms with Crippen molar-refractivity contribution in [1.82, 2.24) is 16.0 Å². The van der Waals surface area contributed by atoms with Gasteiger partial charge >= 0.3 is 11.9 Å². The molecule has 0 radical (unpaired) electrons. The molecule has 5 rings (SSSR count). The van der Waals surface area contributed by atoms with E-state index in [0.717, 1.165) is 85.0 Å². The Labute approximate surface area is 730 Å². The Balaban J connectivity index is 1.36. The molecule has 37 nitrogen and oxygen atoms in total. The number of aliphatic carboxylic acids is 2. The van der Waals surface area contributed by atoms with Crippen LogP contribution in [0.5, 0.6) is 0 Å². The summed E-state index contributed by atoms with van der Waals surface area (Å²) in [6.45, 7) is 0.842. The van der Waals surface area contributed by atoms with E-state index in [0.29, 0.717) is 12.8 Å². The van der Waals surface area contributed by atoms with Crippen molar-refractivity contribution in [3.05, 3.63) is 0 Å². The van der Waals surface area contributed by atoms with E-state index in [-0.39, 0.29) is 18.7 Å². The Morgan fingerprint density at radius 2 is 0.831 bits per heavy atom. The van der Waals surface area contributed by atoms with Crippen LogP contribution in [0.15, 0.2) is 0 Å². The second-order valence-corrected chi connectivity index (χ2v) is 35.0. The molecule has 5 fully saturated rings. The molecule has 0 spiro atoms. The predicted octanol–water partition coefficient (Wildman–Crippen LogP) is 2.74. The molecular weight excluding hydrogens is 1630 g/mol. The van der Waals surface area contributed by atoms with Crippen LogP contribution in [0.25, 0.3) is 0 Å². The number of carboxylic acid groups (broad SMARTS) is 2. The molecule has 5 saturated heterocycles. The Morgan fingerprint density at radius 1 is 0.427 bits per heavy atom. The number of Topliss-reactive ketones (excluding diaryl/α,β-unsaturated/α-hetero) is 1. The third-order valence-corrected chi connectivity index (χ3v) is 24.6. The third-order valence-electron chi connectivity index (χ3n) is 24.6. The summed E-state index contributed by atoms with van der Waals surface area (Å²) in [6.07, 6.45) is -9.91. The van der Waals surface area contributed by atoms with Gasteiger partial charge in [0.25, 0.3) is 11.6 Å². The van der Waals surface area contributed by atoms with Crippen molar-refractivity contribution in [2.45, 2.75) is 469 Å². The first-order chi connectivity index (χ1) is 59.3. The number of rotatable bonds is 66. The summed E-state index contributed by atoms with van der Waals surface area (Å²) in [4.78, 5) is 79.4. The summed E-state index contributed by atoms with van der Waals surface area (Å²) in [6, 6.07) is -4.87. The fourth-order valence-electron chi connectivity index (χ4n) is 17.4. The first-order valence-electron chi connectivity index (χ1n) is 46.3. The molecule has 124 heavy (non-hydrogen) atoms. The number of aliphatic hydroxyl groups excluding tert-OH is 16. The minimum absolute atomic E-state index is 0.140. The highest BCUT2D eigenvalue weighted by atomic mass is 16.8. The second-order valence-electron chi connectivity index (χ2n) is 35.0. The second kappa shape index (κ2) is 59.4. The molecule has 724 valence electrons. The number of amides is 3. The van der Waals surface area contributed by atoms with Gasteiger partial charge < -0.3 is 160 Å². The molecule has 0 saturated carbocycles. The average Bonchev–Trinajstić information content (AvgIpc) is 0.746. The molecule has 3 amide bonds. The number of hydrogen-bond acceptors (Lipinski definition) is 32. The van der Waals surface area contributed by atoms with Crippen molar-refractivity contribution < 1.29 is 168 Å². The highest BCUT2D eigenvalue weighted by Crippen LogP contribution is 2.43. The van der Waals surface area contributed by atoms with Crippen LogP contribution in [0, 0.1) is 5.92 Å². The number of aliphatic hydroxyl groups is 16. The Morgan fingerprint density at radius 3 is 1.26 bits per heavy atom. The van der Waals surface area contributed by atoms with Gasteiger partial charge in [-0.2, -0.15) is 0 Å². The number of unbranched alkanes of at least 4 members (excludes halogenated alkanes) is 34. The van der Waals surface area contributed by atoms with Crippen molar-refractivity contribution in [1.29, 1.82) is 0 Å². The third kappa shape index (κ3) is 35.6. The smallest absolute Gasteiger partial charge is 0.364 e. The maximum absolute atomic E-state index is 14.2. The van der Waals surface area contributed by atoms with Crippen LogP contribution in [0.2, 0.25) is 0 Å². The van der Waals surface area contributed by atoms with E-state index in [4.69, 9.17) is 47.4 Å². The molecule has 5 heterocycles. The summed E-state index contributed by atoms with van der Waals surface area (Å²) in [5.41, 5.74) is 0. The number of hydrogen-bond donors (Lipinski definition) is 21. The zero-order valence-electron chi connectivity index (χ0n) is 73.9. The molecule has 5 aliphatic rings. The highest BCUT2D eigenvalue weighted by molar-refractivity contribution is 5.78. The lowest BCUT2D eigenvalue weighted by Crippen LogP contribution is -2.72. The number of carboxylic acids is 2. The number of nitrogens with one attached hydrogen (secondary N) is 3. The molecule has 37 heteroatoms. The molecule has 21 N–H and O–H groups in total. The minimum atomic E-state index is -3.57. The zero-order valence-corrected chi connectivity index (χ0v) is 73.9. The average molecular weight is 1790 g/mol. The fourth-order valence-corrected chi connectivity index (χ4v) is 17.4. The molecule has 0 bridgehead atoms. The quantitative estimate of drug-likeness (QED) is 0.0389. The van der Waals surface area contributed by atoms with Crippen LogP contribution in [-0.2, 0) is 76.1 Å². The van der Waals surface area contributed by atoms with Crippen molar-refractivity contribution in [2.24, 2.45) is 5.92 Å². The van der Waals surface area contributed by atoms with Gasteiger partial charge in [-0.15, -0.1) is 0 Å². The molecule has 0 aromatic rings. The summed E-state index contributed by atoms with van der Waals surface area (Å²) < 4.78 is 60.3. The predicted molar refractivity (Wildman–Crippen MR) is 445 cm³/mol. The minimum Gasteiger partial charge on any atom is -0.477 e. The number of carbonyl (C=O) groups excluding carboxylic acids is 4. The number of ketones is 1. The van der Waals surface area contributed by atoms with Gasteiger partial charge in [0.05, 0.1) is 82.2 Å². The van der Waals surface area contributed by atoms with Crippen molar-refractivity contribution in [3.8, 4) is 0 Å².